The van der Waals surface area contributed by atoms with Crippen LogP contribution in [0, 0.1) is 0 Å². The Morgan fingerprint density at radius 3 is 2.56 bits per heavy atom. The summed E-state index contributed by atoms with van der Waals surface area (Å²) in [4.78, 5) is 31.4. The lowest BCUT2D eigenvalue weighted by molar-refractivity contribution is -0.122. The van der Waals surface area contributed by atoms with Gasteiger partial charge in [0.15, 0.2) is 0 Å². The van der Waals surface area contributed by atoms with Crippen molar-refractivity contribution >= 4 is 25.5 Å². The van der Waals surface area contributed by atoms with Gasteiger partial charge in [0, 0.05) is 16.6 Å². The molecule has 0 aromatic heterocycles. The molecule has 0 aliphatic heterocycles. The van der Waals surface area contributed by atoms with E-state index >= 15 is 0 Å². The fraction of sp³-hybridized carbons (Fsp3) is 0.632. The van der Waals surface area contributed by atoms with Crippen LogP contribution in [-0.4, -0.2) is 27.6 Å². The average molecular weight is 418 g/mol. The topological polar surface area (TPSA) is 95.9 Å². The molecule has 1 aromatic rings. The number of amides is 1. The van der Waals surface area contributed by atoms with Crippen LogP contribution in [0.2, 0.25) is 0 Å². The van der Waals surface area contributed by atoms with Gasteiger partial charge in [-0.3, -0.25) is 9.32 Å². The third-order valence-electron chi connectivity index (χ3n) is 3.88. The molecule has 1 atom stereocenters. The number of benzene rings is 1. The lowest BCUT2D eigenvalue weighted by Gasteiger charge is -2.20. The van der Waals surface area contributed by atoms with Crippen LogP contribution in [0.3, 0.4) is 0 Å². The molecule has 27 heavy (non-hydrogen) atoms. The highest BCUT2D eigenvalue weighted by atomic mass is 32.2. The maximum Gasteiger partial charge on any atom is 0.469 e. The predicted molar refractivity (Wildman–Crippen MR) is 110 cm³/mol. The van der Waals surface area contributed by atoms with Gasteiger partial charge in [-0.2, -0.15) is 0 Å². The smallest absolute Gasteiger partial charge is 0.347 e. The summed E-state index contributed by atoms with van der Waals surface area (Å²) in [5.41, 5.74) is 0.772. The molecule has 1 aromatic carbocycles. The maximum atomic E-state index is 12.3. The van der Waals surface area contributed by atoms with E-state index in [1.165, 1.54) is 6.42 Å². The minimum absolute atomic E-state index is 0.132. The van der Waals surface area contributed by atoms with Gasteiger partial charge in [0.05, 0.1) is 12.6 Å². The quantitative estimate of drug-likeness (QED) is 0.242. The Labute approximate surface area is 166 Å². The molecule has 0 spiro atoms. The Morgan fingerprint density at radius 2 is 1.93 bits per heavy atom. The van der Waals surface area contributed by atoms with Gasteiger partial charge in [-0.15, -0.1) is 11.8 Å². The lowest BCUT2D eigenvalue weighted by Crippen LogP contribution is -2.31. The molecular formula is C19H32NO5PS. The number of phosphoric acid groups is 1. The molecule has 0 heterocycles. The minimum Gasteiger partial charge on any atom is -0.347 e. The number of unbranched alkanes of at least 4 members (excludes halogenated alkanes) is 4. The monoisotopic (exact) mass is 417 g/mol. The second kappa shape index (κ2) is 12.6. The molecule has 6 nitrogen and oxygen atoms in total. The minimum atomic E-state index is -4.61. The molecule has 0 aliphatic carbocycles. The number of carbonyl (C=O) groups excluding carboxylic acids is 1. The second-order valence-electron chi connectivity index (χ2n) is 6.81. The van der Waals surface area contributed by atoms with E-state index in [4.69, 9.17) is 9.79 Å². The van der Waals surface area contributed by atoms with E-state index in [1.807, 2.05) is 24.3 Å². The number of rotatable bonds is 13. The SMILES string of the molecule is CCCCCCCC(=O)NC(COP(=O)(O)O)c1cccc(SC(C)C)c1. The van der Waals surface area contributed by atoms with E-state index in [0.29, 0.717) is 11.7 Å². The van der Waals surface area contributed by atoms with Gasteiger partial charge in [0.25, 0.3) is 0 Å². The van der Waals surface area contributed by atoms with Crippen molar-refractivity contribution in [1.29, 1.82) is 0 Å². The van der Waals surface area contributed by atoms with Gasteiger partial charge in [-0.05, 0) is 24.1 Å². The molecule has 0 radical (unpaired) electrons. The van der Waals surface area contributed by atoms with E-state index < -0.39 is 13.9 Å². The van der Waals surface area contributed by atoms with Crippen LogP contribution >= 0.6 is 19.6 Å². The molecular weight excluding hydrogens is 385 g/mol. The summed E-state index contributed by atoms with van der Waals surface area (Å²) in [5, 5.41) is 3.27. The predicted octanol–water partition coefficient (Wildman–Crippen LogP) is 4.81. The van der Waals surface area contributed by atoms with Gasteiger partial charge in [-0.25, -0.2) is 4.57 Å². The number of hydrogen-bond donors (Lipinski definition) is 3. The summed E-state index contributed by atoms with van der Waals surface area (Å²) < 4.78 is 15.8. The van der Waals surface area contributed by atoms with E-state index in [2.05, 4.69) is 30.6 Å². The molecule has 0 fully saturated rings. The first-order valence-electron chi connectivity index (χ1n) is 9.47. The zero-order chi connectivity index (χ0) is 20.3. The van der Waals surface area contributed by atoms with E-state index in [-0.39, 0.29) is 12.5 Å². The van der Waals surface area contributed by atoms with Crippen molar-refractivity contribution in [2.45, 2.75) is 75.5 Å². The van der Waals surface area contributed by atoms with Crippen LogP contribution in [0.1, 0.15) is 70.9 Å². The van der Waals surface area contributed by atoms with Crippen molar-refractivity contribution in [2.24, 2.45) is 0 Å². The van der Waals surface area contributed by atoms with Gasteiger partial charge >= 0.3 is 7.82 Å². The van der Waals surface area contributed by atoms with E-state index in [9.17, 15) is 9.36 Å². The summed E-state index contributed by atoms with van der Waals surface area (Å²) in [6.45, 7) is 6.05. The molecule has 1 amide bonds. The summed E-state index contributed by atoms with van der Waals surface area (Å²) in [6, 6.07) is 7.01. The molecule has 0 bridgehead atoms. The Bertz CT molecular complexity index is 620. The lowest BCUT2D eigenvalue weighted by atomic mass is 10.1. The van der Waals surface area contributed by atoms with Crippen molar-refractivity contribution in [3.63, 3.8) is 0 Å². The number of carbonyl (C=O) groups is 1. The zero-order valence-corrected chi connectivity index (χ0v) is 18.1. The highest BCUT2D eigenvalue weighted by Gasteiger charge is 2.21. The first kappa shape index (κ1) is 24.2. The Kier molecular flexibility index (Phi) is 11.3. The van der Waals surface area contributed by atoms with Crippen molar-refractivity contribution in [1.82, 2.24) is 5.32 Å². The van der Waals surface area contributed by atoms with Gasteiger partial charge in [0.2, 0.25) is 5.91 Å². The number of nitrogens with one attached hydrogen (secondary N) is 1. The van der Waals surface area contributed by atoms with Crippen LogP contribution in [0.4, 0.5) is 0 Å². The molecule has 1 rings (SSSR count). The van der Waals surface area contributed by atoms with Crippen LogP contribution in [-0.2, 0) is 13.9 Å². The number of phosphoric ester groups is 1. The largest absolute Gasteiger partial charge is 0.469 e. The van der Waals surface area contributed by atoms with Crippen LogP contribution in [0.15, 0.2) is 29.2 Å². The molecule has 0 saturated carbocycles. The molecule has 0 aliphatic rings. The fourth-order valence-electron chi connectivity index (χ4n) is 2.63. The normalized spacial score (nSPS) is 13.0. The van der Waals surface area contributed by atoms with Crippen LogP contribution < -0.4 is 5.32 Å². The standard InChI is InChI=1S/C19H32NO5PS/c1-4-5-6-7-8-12-19(21)20-18(14-25-26(22,23)24)16-10-9-11-17(13-16)27-15(2)3/h9-11,13,15,18H,4-8,12,14H2,1-3H3,(H,20,21)(H2,22,23,24). The second-order valence-corrected chi connectivity index (χ2v) is 9.70. The fourth-order valence-corrected chi connectivity index (χ4v) is 3.87. The van der Waals surface area contributed by atoms with Crippen LogP contribution in [0.5, 0.6) is 0 Å². The molecule has 1 unspecified atom stereocenters. The first-order chi connectivity index (χ1) is 12.7. The molecule has 0 saturated heterocycles. The van der Waals surface area contributed by atoms with Gasteiger partial charge in [-0.1, -0.05) is 58.6 Å². The molecule has 8 heteroatoms. The summed E-state index contributed by atoms with van der Waals surface area (Å²) in [5.74, 6) is -0.132. The summed E-state index contributed by atoms with van der Waals surface area (Å²) >= 11 is 1.69. The number of hydrogen-bond acceptors (Lipinski definition) is 4. The van der Waals surface area contributed by atoms with Crippen molar-refractivity contribution < 1.29 is 23.7 Å². The molecule has 154 valence electrons. The Morgan fingerprint density at radius 1 is 1.22 bits per heavy atom. The molecule has 3 N–H and O–H groups in total. The Hall–Kier alpha value is -0.850. The van der Waals surface area contributed by atoms with Gasteiger partial charge < -0.3 is 15.1 Å². The third-order valence-corrected chi connectivity index (χ3v) is 5.37. The Balaban J connectivity index is 2.75. The summed E-state index contributed by atoms with van der Waals surface area (Å²) in [6.07, 6.45) is 5.64. The maximum absolute atomic E-state index is 12.3. The first-order valence-corrected chi connectivity index (χ1v) is 11.9. The highest BCUT2D eigenvalue weighted by molar-refractivity contribution is 7.99. The zero-order valence-electron chi connectivity index (χ0n) is 16.4. The average Bonchev–Trinajstić information content (AvgIpc) is 2.57. The van der Waals surface area contributed by atoms with Crippen LogP contribution in [0.25, 0.3) is 0 Å². The van der Waals surface area contributed by atoms with Crippen molar-refractivity contribution in [3.8, 4) is 0 Å². The van der Waals surface area contributed by atoms with Crippen molar-refractivity contribution in [2.75, 3.05) is 6.61 Å². The number of thioether (sulfide) groups is 1. The third kappa shape index (κ3) is 11.6. The van der Waals surface area contributed by atoms with Gasteiger partial charge in [0.1, 0.15) is 0 Å². The van der Waals surface area contributed by atoms with Crippen molar-refractivity contribution in [3.05, 3.63) is 29.8 Å². The van der Waals surface area contributed by atoms with E-state index in [0.717, 1.165) is 36.1 Å². The highest BCUT2D eigenvalue weighted by Crippen LogP contribution is 2.37. The van der Waals surface area contributed by atoms with E-state index in [1.54, 1.807) is 11.8 Å². The summed E-state index contributed by atoms with van der Waals surface area (Å²) in [7, 11) is -4.61.